The van der Waals surface area contributed by atoms with E-state index in [9.17, 15) is 4.79 Å². The summed E-state index contributed by atoms with van der Waals surface area (Å²) in [7, 11) is 0. The number of ether oxygens (including phenoxy) is 1. The highest BCUT2D eigenvalue weighted by molar-refractivity contribution is 5.92. The fraction of sp³-hybridized carbons (Fsp3) is 0.136. The zero-order valence-corrected chi connectivity index (χ0v) is 14.7. The largest absolute Gasteiger partial charge is 0.484 e. The van der Waals surface area contributed by atoms with E-state index in [0.717, 1.165) is 23.5 Å². The van der Waals surface area contributed by atoms with Crippen LogP contribution in [-0.2, 0) is 11.2 Å². The SMILES string of the molecule is CCc1cccc(OCC(=O)Nc2ccc(Nc3ccccc3)cc2)c1. The van der Waals surface area contributed by atoms with Crippen molar-refractivity contribution in [2.45, 2.75) is 13.3 Å². The van der Waals surface area contributed by atoms with Crippen molar-refractivity contribution in [3.63, 3.8) is 0 Å². The van der Waals surface area contributed by atoms with E-state index in [0.29, 0.717) is 5.75 Å². The molecule has 0 saturated heterocycles. The molecule has 0 heterocycles. The molecule has 0 bridgehead atoms. The Labute approximate surface area is 153 Å². The summed E-state index contributed by atoms with van der Waals surface area (Å²) in [6, 6.07) is 25.3. The smallest absolute Gasteiger partial charge is 0.262 e. The van der Waals surface area contributed by atoms with Crippen molar-refractivity contribution in [1.82, 2.24) is 0 Å². The average Bonchev–Trinajstić information content (AvgIpc) is 2.69. The van der Waals surface area contributed by atoms with Crippen LogP contribution in [0.25, 0.3) is 0 Å². The van der Waals surface area contributed by atoms with Gasteiger partial charge in [0.2, 0.25) is 0 Å². The van der Waals surface area contributed by atoms with Gasteiger partial charge in [0.05, 0.1) is 0 Å². The Bertz CT molecular complexity index is 846. The van der Waals surface area contributed by atoms with E-state index in [1.54, 1.807) is 0 Å². The van der Waals surface area contributed by atoms with Gasteiger partial charge in [0.25, 0.3) is 5.91 Å². The molecule has 0 aliphatic heterocycles. The Morgan fingerprint density at radius 3 is 2.27 bits per heavy atom. The minimum atomic E-state index is -0.185. The third-order valence-electron chi connectivity index (χ3n) is 3.91. The molecule has 3 rings (SSSR count). The van der Waals surface area contributed by atoms with Crippen LogP contribution >= 0.6 is 0 Å². The van der Waals surface area contributed by atoms with Crippen molar-refractivity contribution < 1.29 is 9.53 Å². The topological polar surface area (TPSA) is 50.4 Å². The number of carbonyl (C=O) groups is 1. The van der Waals surface area contributed by atoms with Gasteiger partial charge in [-0.1, -0.05) is 37.3 Å². The summed E-state index contributed by atoms with van der Waals surface area (Å²) in [5, 5.41) is 6.14. The van der Waals surface area contributed by atoms with Gasteiger partial charge < -0.3 is 15.4 Å². The predicted molar refractivity (Wildman–Crippen MR) is 106 cm³/mol. The van der Waals surface area contributed by atoms with Gasteiger partial charge in [-0.2, -0.15) is 0 Å². The fourth-order valence-electron chi connectivity index (χ4n) is 2.53. The van der Waals surface area contributed by atoms with Gasteiger partial charge in [-0.15, -0.1) is 0 Å². The molecular formula is C22H22N2O2. The number of carbonyl (C=O) groups excluding carboxylic acids is 1. The molecule has 132 valence electrons. The number of nitrogens with one attached hydrogen (secondary N) is 2. The van der Waals surface area contributed by atoms with Crippen molar-refractivity contribution in [1.29, 1.82) is 0 Å². The van der Waals surface area contributed by atoms with Gasteiger partial charge in [-0.3, -0.25) is 4.79 Å². The standard InChI is InChI=1S/C22H22N2O2/c1-2-17-7-6-10-21(15-17)26-16-22(25)24-20-13-11-19(12-14-20)23-18-8-4-3-5-9-18/h3-15,23H,2,16H2,1H3,(H,24,25). The number of benzene rings is 3. The first kappa shape index (κ1) is 17.5. The molecule has 26 heavy (non-hydrogen) atoms. The van der Waals surface area contributed by atoms with Crippen LogP contribution < -0.4 is 15.4 Å². The van der Waals surface area contributed by atoms with Crippen molar-refractivity contribution in [3.8, 4) is 5.75 Å². The van der Waals surface area contributed by atoms with E-state index in [1.807, 2.05) is 78.9 Å². The van der Waals surface area contributed by atoms with Gasteiger partial charge in [-0.05, 0) is 60.5 Å². The minimum absolute atomic E-state index is 0.0167. The maximum atomic E-state index is 12.1. The number of hydrogen-bond acceptors (Lipinski definition) is 3. The molecule has 4 heteroatoms. The van der Waals surface area contributed by atoms with Crippen LogP contribution in [0.5, 0.6) is 5.75 Å². The van der Waals surface area contributed by atoms with Crippen LogP contribution in [0.4, 0.5) is 17.1 Å². The molecule has 0 radical (unpaired) electrons. The van der Waals surface area contributed by atoms with Crippen LogP contribution in [-0.4, -0.2) is 12.5 Å². The lowest BCUT2D eigenvalue weighted by Crippen LogP contribution is -2.20. The van der Waals surface area contributed by atoms with Crippen molar-refractivity contribution in [2.75, 3.05) is 17.2 Å². The maximum absolute atomic E-state index is 12.1. The monoisotopic (exact) mass is 346 g/mol. The lowest BCUT2D eigenvalue weighted by atomic mass is 10.2. The van der Waals surface area contributed by atoms with E-state index in [-0.39, 0.29) is 12.5 Å². The van der Waals surface area contributed by atoms with E-state index < -0.39 is 0 Å². The Morgan fingerprint density at radius 2 is 1.54 bits per heavy atom. The van der Waals surface area contributed by atoms with Crippen molar-refractivity contribution in [3.05, 3.63) is 84.4 Å². The molecule has 0 saturated carbocycles. The predicted octanol–water partition coefficient (Wildman–Crippen LogP) is 5.01. The molecule has 0 aliphatic carbocycles. The number of anilines is 3. The second kappa shape index (κ2) is 8.72. The Balaban J connectivity index is 1.51. The lowest BCUT2D eigenvalue weighted by Gasteiger charge is -2.10. The van der Waals surface area contributed by atoms with Gasteiger partial charge >= 0.3 is 0 Å². The molecule has 3 aromatic rings. The van der Waals surface area contributed by atoms with Crippen LogP contribution in [0, 0.1) is 0 Å². The van der Waals surface area contributed by atoms with Crippen LogP contribution in [0.15, 0.2) is 78.9 Å². The molecule has 0 spiro atoms. The Kier molecular flexibility index (Phi) is 5.88. The van der Waals surface area contributed by atoms with Crippen LogP contribution in [0.1, 0.15) is 12.5 Å². The summed E-state index contributed by atoms with van der Waals surface area (Å²) in [5.74, 6) is 0.526. The normalized spacial score (nSPS) is 10.2. The molecule has 1 amide bonds. The highest BCUT2D eigenvalue weighted by atomic mass is 16.5. The first-order valence-corrected chi connectivity index (χ1v) is 8.66. The van der Waals surface area contributed by atoms with Crippen molar-refractivity contribution >= 4 is 23.0 Å². The fourth-order valence-corrected chi connectivity index (χ4v) is 2.53. The van der Waals surface area contributed by atoms with Gasteiger partial charge in [0, 0.05) is 17.1 Å². The van der Waals surface area contributed by atoms with Crippen molar-refractivity contribution in [2.24, 2.45) is 0 Å². The Morgan fingerprint density at radius 1 is 0.846 bits per heavy atom. The van der Waals surface area contributed by atoms with Crippen LogP contribution in [0.2, 0.25) is 0 Å². The first-order chi connectivity index (χ1) is 12.7. The summed E-state index contributed by atoms with van der Waals surface area (Å²) >= 11 is 0. The van der Waals surface area contributed by atoms with E-state index in [1.165, 1.54) is 5.56 Å². The number of aryl methyl sites for hydroxylation is 1. The van der Waals surface area contributed by atoms with Gasteiger partial charge in [0.1, 0.15) is 5.75 Å². The summed E-state index contributed by atoms with van der Waals surface area (Å²) < 4.78 is 5.56. The number of amides is 1. The third-order valence-corrected chi connectivity index (χ3v) is 3.91. The summed E-state index contributed by atoms with van der Waals surface area (Å²) in [6.07, 6.45) is 0.937. The first-order valence-electron chi connectivity index (χ1n) is 8.66. The number of rotatable bonds is 7. The van der Waals surface area contributed by atoms with E-state index in [2.05, 4.69) is 17.6 Å². The second-order valence-electron chi connectivity index (χ2n) is 5.91. The Hall–Kier alpha value is -3.27. The van der Waals surface area contributed by atoms with E-state index in [4.69, 9.17) is 4.74 Å². The molecule has 2 N–H and O–H groups in total. The zero-order chi connectivity index (χ0) is 18.2. The molecule has 0 unspecified atom stereocenters. The molecule has 4 nitrogen and oxygen atoms in total. The second-order valence-corrected chi connectivity index (χ2v) is 5.91. The molecule has 0 fully saturated rings. The highest BCUT2D eigenvalue weighted by Crippen LogP contribution is 2.19. The van der Waals surface area contributed by atoms with Gasteiger partial charge in [0.15, 0.2) is 6.61 Å². The molecule has 0 aromatic heterocycles. The van der Waals surface area contributed by atoms with Crippen LogP contribution in [0.3, 0.4) is 0 Å². The molecule has 0 atom stereocenters. The molecule has 0 aliphatic rings. The lowest BCUT2D eigenvalue weighted by molar-refractivity contribution is -0.118. The molecule has 3 aromatic carbocycles. The minimum Gasteiger partial charge on any atom is -0.484 e. The summed E-state index contributed by atoms with van der Waals surface area (Å²) in [4.78, 5) is 12.1. The highest BCUT2D eigenvalue weighted by Gasteiger charge is 2.04. The number of para-hydroxylation sites is 1. The average molecular weight is 346 g/mol. The number of hydrogen-bond donors (Lipinski definition) is 2. The van der Waals surface area contributed by atoms with Gasteiger partial charge in [-0.25, -0.2) is 0 Å². The third kappa shape index (κ3) is 5.11. The summed E-state index contributed by atoms with van der Waals surface area (Å²) in [6.45, 7) is 2.07. The maximum Gasteiger partial charge on any atom is 0.262 e. The zero-order valence-electron chi connectivity index (χ0n) is 14.7. The molecular weight excluding hydrogens is 324 g/mol. The van der Waals surface area contributed by atoms with E-state index >= 15 is 0 Å². The quantitative estimate of drug-likeness (QED) is 0.632. The summed E-state index contributed by atoms with van der Waals surface area (Å²) in [5.41, 5.74) is 3.90.